The summed E-state index contributed by atoms with van der Waals surface area (Å²) in [6.45, 7) is 11.4. The summed E-state index contributed by atoms with van der Waals surface area (Å²) >= 11 is 0. The number of ether oxygens (including phenoxy) is 2. The van der Waals surface area contributed by atoms with Gasteiger partial charge in [-0.25, -0.2) is 4.79 Å². The second-order valence-corrected chi connectivity index (χ2v) is 12.2. The van der Waals surface area contributed by atoms with E-state index in [1.165, 1.54) is 57.3 Å². The Hall–Kier alpha value is -2.54. The van der Waals surface area contributed by atoms with E-state index in [0.717, 1.165) is 48.6 Å². The first-order valence-corrected chi connectivity index (χ1v) is 14.9. The third kappa shape index (κ3) is 7.52. The van der Waals surface area contributed by atoms with E-state index in [4.69, 9.17) is 9.47 Å². The van der Waals surface area contributed by atoms with Gasteiger partial charge < -0.3 is 14.4 Å². The lowest BCUT2D eigenvalue weighted by Gasteiger charge is -2.34. The number of rotatable bonds is 10. The van der Waals surface area contributed by atoms with Crippen LogP contribution in [0.15, 0.2) is 24.3 Å². The Morgan fingerprint density at radius 2 is 1.82 bits per heavy atom. The highest BCUT2D eigenvalue weighted by atomic mass is 16.6. The van der Waals surface area contributed by atoms with Gasteiger partial charge >= 0.3 is 6.09 Å². The Morgan fingerprint density at radius 3 is 2.53 bits per heavy atom. The zero-order valence-electron chi connectivity index (χ0n) is 23.6. The third-order valence-corrected chi connectivity index (χ3v) is 8.27. The number of nitrogens with zero attached hydrogens (tertiary/aromatic N) is 3. The molecule has 1 amide bonds. The van der Waals surface area contributed by atoms with Crippen molar-refractivity contribution in [3.05, 3.63) is 41.1 Å². The molecule has 7 nitrogen and oxygen atoms in total. The summed E-state index contributed by atoms with van der Waals surface area (Å²) in [5.41, 5.74) is 3.51. The molecule has 0 spiro atoms. The van der Waals surface area contributed by atoms with E-state index in [1.54, 1.807) is 0 Å². The van der Waals surface area contributed by atoms with E-state index in [0.29, 0.717) is 30.8 Å². The molecule has 3 fully saturated rings. The molecule has 208 valence electrons. The van der Waals surface area contributed by atoms with E-state index in [-0.39, 0.29) is 6.10 Å². The van der Waals surface area contributed by atoms with Crippen LogP contribution >= 0.6 is 0 Å². The molecule has 0 unspecified atom stereocenters. The van der Waals surface area contributed by atoms with Crippen LogP contribution in [0.1, 0.15) is 94.4 Å². The van der Waals surface area contributed by atoms with Crippen molar-refractivity contribution in [2.24, 2.45) is 11.8 Å². The maximum absolute atomic E-state index is 12.7. The van der Waals surface area contributed by atoms with Crippen LogP contribution in [0.3, 0.4) is 0 Å². The molecule has 0 atom stereocenters. The number of hydrogen-bond donors (Lipinski definition) is 1. The number of hydrogen-bond acceptors (Lipinski definition) is 5. The second-order valence-electron chi connectivity index (χ2n) is 12.2. The maximum Gasteiger partial charge on any atom is 0.413 e. The van der Waals surface area contributed by atoms with Gasteiger partial charge in [0.25, 0.3) is 0 Å². The first-order chi connectivity index (χ1) is 18.4. The number of carbonyl (C=O) groups is 1. The van der Waals surface area contributed by atoms with Crippen LogP contribution in [0.5, 0.6) is 5.75 Å². The number of anilines is 1. The van der Waals surface area contributed by atoms with Gasteiger partial charge in [0.2, 0.25) is 0 Å². The summed E-state index contributed by atoms with van der Waals surface area (Å²) in [6.07, 6.45) is 10.4. The van der Waals surface area contributed by atoms with Crippen LogP contribution < -0.4 is 10.1 Å². The lowest BCUT2D eigenvalue weighted by molar-refractivity contribution is 0.0650. The second kappa shape index (κ2) is 12.5. The summed E-state index contributed by atoms with van der Waals surface area (Å²) in [7, 11) is 0. The monoisotopic (exact) mass is 522 g/mol. The first-order valence-electron chi connectivity index (χ1n) is 14.9. The number of carbonyl (C=O) groups excluding carboxylic acids is 1. The average molecular weight is 523 g/mol. The van der Waals surface area contributed by atoms with Gasteiger partial charge in [0.05, 0.1) is 13.2 Å². The molecule has 0 bridgehead atoms. The zero-order valence-corrected chi connectivity index (χ0v) is 23.6. The van der Waals surface area contributed by atoms with Crippen molar-refractivity contribution in [3.63, 3.8) is 0 Å². The number of amides is 1. The van der Waals surface area contributed by atoms with Crippen LogP contribution in [0.4, 0.5) is 10.6 Å². The highest BCUT2D eigenvalue weighted by Crippen LogP contribution is 2.41. The van der Waals surface area contributed by atoms with Gasteiger partial charge in [-0.2, -0.15) is 5.10 Å². The number of nitrogens with one attached hydrogen (secondary N) is 1. The molecule has 2 aromatic rings. The number of aryl methyl sites for hydroxylation is 1. The van der Waals surface area contributed by atoms with Crippen molar-refractivity contribution < 1.29 is 14.3 Å². The normalized spacial score (nSPS) is 22.4. The lowest BCUT2D eigenvalue weighted by Crippen LogP contribution is -2.36. The van der Waals surface area contributed by atoms with Crippen molar-refractivity contribution in [1.29, 1.82) is 0 Å². The van der Waals surface area contributed by atoms with Gasteiger partial charge in [-0.15, -0.1) is 0 Å². The van der Waals surface area contributed by atoms with Crippen molar-refractivity contribution in [2.75, 3.05) is 31.6 Å². The average Bonchev–Trinajstić information content (AvgIpc) is 3.69. The van der Waals surface area contributed by atoms with Crippen LogP contribution in [0.2, 0.25) is 0 Å². The standard InChI is InChI=1S/C31H46N4O3/c1-22(2)21-37-29-14-11-26(25-9-10-25)18-27(29)20-35-23(3)17-30(33-35)32-31(36)38-28-12-7-24(8-13-28)19-34-15-5-4-6-16-34/h11,14,17-18,22,24-25,28H,4-10,12-13,15-16,19-21H2,1-3H3,(H,32,33,36). The van der Waals surface area contributed by atoms with Crippen LogP contribution in [-0.4, -0.2) is 53.1 Å². The summed E-state index contributed by atoms with van der Waals surface area (Å²) in [6, 6.07) is 8.51. The minimum Gasteiger partial charge on any atom is -0.493 e. The van der Waals surface area contributed by atoms with E-state index in [2.05, 4.69) is 47.4 Å². The third-order valence-electron chi connectivity index (χ3n) is 8.27. The Balaban J connectivity index is 1.13. The predicted octanol–water partition coefficient (Wildman–Crippen LogP) is 6.75. The molecule has 1 N–H and O–H groups in total. The smallest absolute Gasteiger partial charge is 0.413 e. The van der Waals surface area contributed by atoms with Gasteiger partial charge in [-0.05, 0) is 107 Å². The summed E-state index contributed by atoms with van der Waals surface area (Å²) in [5, 5.41) is 7.56. The van der Waals surface area contributed by atoms with Crippen molar-refractivity contribution in [1.82, 2.24) is 14.7 Å². The van der Waals surface area contributed by atoms with Crippen molar-refractivity contribution in [3.8, 4) is 5.75 Å². The summed E-state index contributed by atoms with van der Waals surface area (Å²) in [4.78, 5) is 15.3. The van der Waals surface area contributed by atoms with Gasteiger partial charge in [0.15, 0.2) is 5.82 Å². The molecule has 2 aliphatic carbocycles. The minimum absolute atomic E-state index is 0.00150. The fourth-order valence-corrected chi connectivity index (χ4v) is 5.91. The first kappa shape index (κ1) is 27.0. The number of benzene rings is 1. The fourth-order valence-electron chi connectivity index (χ4n) is 5.91. The SMILES string of the molecule is Cc1cc(NC(=O)OC2CCC(CN3CCCCC3)CC2)nn1Cc1cc(C2CC2)ccc1OCC(C)C. The quantitative estimate of drug-likeness (QED) is 0.374. The van der Waals surface area contributed by atoms with Gasteiger partial charge in [-0.3, -0.25) is 10.00 Å². The molecule has 1 aromatic heterocycles. The van der Waals surface area contributed by atoms with Crippen LogP contribution in [-0.2, 0) is 11.3 Å². The Labute approximate surface area is 228 Å². The topological polar surface area (TPSA) is 68.6 Å². The molecule has 3 aliphatic rings. The van der Waals surface area contributed by atoms with Gasteiger partial charge in [-0.1, -0.05) is 26.3 Å². The largest absolute Gasteiger partial charge is 0.493 e. The highest BCUT2D eigenvalue weighted by molar-refractivity contribution is 5.83. The Morgan fingerprint density at radius 1 is 1.05 bits per heavy atom. The van der Waals surface area contributed by atoms with Crippen LogP contribution in [0.25, 0.3) is 0 Å². The van der Waals surface area contributed by atoms with E-state index in [1.807, 2.05) is 17.7 Å². The summed E-state index contributed by atoms with van der Waals surface area (Å²) in [5.74, 6) is 3.33. The Kier molecular flexibility index (Phi) is 8.93. The van der Waals surface area contributed by atoms with Crippen molar-refractivity contribution >= 4 is 11.9 Å². The van der Waals surface area contributed by atoms with E-state index in [9.17, 15) is 4.79 Å². The molecule has 1 aliphatic heterocycles. The predicted molar refractivity (Wildman–Crippen MR) is 151 cm³/mol. The van der Waals surface area contributed by atoms with E-state index < -0.39 is 6.09 Å². The lowest BCUT2D eigenvalue weighted by atomic mass is 9.86. The molecular weight excluding hydrogens is 476 g/mol. The molecule has 38 heavy (non-hydrogen) atoms. The van der Waals surface area contributed by atoms with Crippen LogP contribution in [0, 0.1) is 18.8 Å². The molecule has 1 saturated heterocycles. The molecular formula is C31H46N4O3. The van der Waals surface area contributed by atoms with Gasteiger partial charge in [0, 0.05) is 23.9 Å². The minimum atomic E-state index is -0.397. The van der Waals surface area contributed by atoms with E-state index >= 15 is 0 Å². The zero-order chi connectivity index (χ0) is 26.5. The fraction of sp³-hybridized carbons (Fsp3) is 0.677. The summed E-state index contributed by atoms with van der Waals surface area (Å²) < 4.78 is 13.9. The number of piperidine rings is 1. The highest BCUT2D eigenvalue weighted by Gasteiger charge is 2.27. The molecule has 7 heteroatoms. The van der Waals surface area contributed by atoms with Crippen molar-refractivity contribution in [2.45, 2.75) is 97.1 Å². The number of aromatic nitrogens is 2. The molecule has 2 saturated carbocycles. The molecule has 1 aromatic carbocycles. The number of likely N-dealkylation sites (tertiary alicyclic amines) is 1. The van der Waals surface area contributed by atoms with Gasteiger partial charge in [0.1, 0.15) is 11.9 Å². The molecule has 2 heterocycles. The molecule has 0 radical (unpaired) electrons. The Bertz CT molecular complexity index is 1060. The maximum atomic E-state index is 12.7. The molecule has 5 rings (SSSR count).